The van der Waals surface area contributed by atoms with Gasteiger partial charge in [-0.3, -0.25) is 9.89 Å². The number of hydrogen-bond donors (Lipinski definition) is 2. The number of nitrogens with one attached hydrogen (secondary N) is 2. The van der Waals surface area contributed by atoms with Gasteiger partial charge in [0.05, 0.1) is 12.0 Å². The molecule has 3 rings (SSSR count). The number of fused-ring (bicyclic) bond motifs is 1. The quantitative estimate of drug-likeness (QED) is 0.772. The van der Waals surface area contributed by atoms with Crippen LogP contribution >= 0.6 is 0 Å². The van der Waals surface area contributed by atoms with Gasteiger partial charge in [0.25, 0.3) is 5.91 Å². The van der Waals surface area contributed by atoms with Crippen molar-refractivity contribution >= 4 is 22.8 Å². The lowest BCUT2D eigenvalue weighted by Crippen LogP contribution is -2.15. The second-order valence-corrected chi connectivity index (χ2v) is 5.12. The summed E-state index contributed by atoms with van der Waals surface area (Å²) in [5, 5.41) is 10.6. The molecule has 0 fully saturated rings. The first-order chi connectivity index (χ1) is 11.1. The van der Waals surface area contributed by atoms with Gasteiger partial charge in [-0.05, 0) is 44.5 Å². The van der Waals surface area contributed by atoms with E-state index >= 15 is 0 Å². The van der Waals surface area contributed by atoms with Gasteiger partial charge in [0, 0.05) is 11.9 Å². The summed E-state index contributed by atoms with van der Waals surface area (Å²) < 4.78 is 5.39. The van der Waals surface area contributed by atoms with E-state index in [-0.39, 0.29) is 5.91 Å². The average Bonchev–Trinajstić information content (AvgIpc) is 2.91. The fourth-order valence-electron chi connectivity index (χ4n) is 2.46. The number of H-pyrrole nitrogens is 1. The second-order valence-electron chi connectivity index (χ2n) is 5.12. The van der Waals surface area contributed by atoms with E-state index in [4.69, 9.17) is 4.74 Å². The summed E-state index contributed by atoms with van der Waals surface area (Å²) in [5.41, 5.74) is 2.90. The Kier molecular flexibility index (Phi) is 3.92. The summed E-state index contributed by atoms with van der Waals surface area (Å²) in [5.74, 6) is 0.425. The zero-order chi connectivity index (χ0) is 16.4. The number of aromatic amines is 1. The number of anilines is 1. The molecule has 23 heavy (non-hydrogen) atoms. The molecule has 0 bridgehead atoms. The molecule has 2 N–H and O–H groups in total. The lowest BCUT2D eigenvalue weighted by Gasteiger charge is -2.08. The number of carbonyl (C=O) groups excluding carboxylic acids is 1. The van der Waals surface area contributed by atoms with Crippen LogP contribution in [0.25, 0.3) is 11.0 Å². The number of hydrogen-bond acceptors (Lipinski definition) is 5. The fourth-order valence-corrected chi connectivity index (χ4v) is 2.46. The Labute approximate surface area is 133 Å². The van der Waals surface area contributed by atoms with Crippen molar-refractivity contribution in [2.75, 3.05) is 11.9 Å². The average molecular weight is 311 g/mol. The first kappa shape index (κ1) is 15.0. The van der Waals surface area contributed by atoms with Crippen LogP contribution < -0.4 is 10.1 Å². The summed E-state index contributed by atoms with van der Waals surface area (Å²) in [7, 11) is 0. The number of rotatable bonds is 4. The fraction of sp³-hybridized carbons (Fsp3) is 0.250. The Bertz CT molecular complexity index is 872. The van der Waals surface area contributed by atoms with E-state index in [0.29, 0.717) is 29.5 Å². The molecule has 0 atom stereocenters. The number of ether oxygens (including phenoxy) is 1. The Hall–Kier alpha value is -2.96. The van der Waals surface area contributed by atoms with Crippen LogP contribution in [0.3, 0.4) is 0 Å². The van der Waals surface area contributed by atoms with Crippen LogP contribution in [-0.4, -0.2) is 32.7 Å². The van der Waals surface area contributed by atoms with E-state index in [0.717, 1.165) is 16.6 Å². The van der Waals surface area contributed by atoms with E-state index in [9.17, 15) is 4.79 Å². The van der Waals surface area contributed by atoms with E-state index in [2.05, 4.69) is 25.5 Å². The van der Waals surface area contributed by atoms with Crippen molar-refractivity contribution in [1.82, 2.24) is 20.2 Å². The van der Waals surface area contributed by atoms with E-state index < -0.39 is 0 Å². The lowest BCUT2D eigenvalue weighted by atomic mass is 10.1. The van der Waals surface area contributed by atoms with Crippen molar-refractivity contribution in [3.05, 3.63) is 41.2 Å². The van der Waals surface area contributed by atoms with Gasteiger partial charge in [-0.25, -0.2) is 9.97 Å². The molecule has 0 aliphatic heterocycles. The minimum Gasteiger partial charge on any atom is -0.477 e. The van der Waals surface area contributed by atoms with Crippen molar-refractivity contribution in [3.8, 4) is 5.88 Å². The van der Waals surface area contributed by atoms with E-state index in [1.807, 2.05) is 26.8 Å². The highest BCUT2D eigenvalue weighted by Crippen LogP contribution is 2.25. The second kappa shape index (κ2) is 6.04. The molecule has 3 aromatic rings. The summed E-state index contributed by atoms with van der Waals surface area (Å²) in [6.07, 6.45) is 1.59. The summed E-state index contributed by atoms with van der Waals surface area (Å²) in [4.78, 5) is 21.0. The highest BCUT2D eigenvalue weighted by atomic mass is 16.5. The number of carbonyl (C=O) groups is 1. The molecule has 1 amide bonds. The molecule has 3 heterocycles. The van der Waals surface area contributed by atoms with Crippen LogP contribution in [0.1, 0.15) is 28.5 Å². The van der Waals surface area contributed by atoms with E-state index in [1.54, 1.807) is 18.3 Å². The van der Waals surface area contributed by atoms with Crippen molar-refractivity contribution in [3.63, 3.8) is 0 Å². The zero-order valence-electron chi connectivity index (χ0n) is 13.2. The van der Waals surface area contributed by atoms with Gasteiger partial charge in [-0.15, -0.1) is 0 Å². The minimum atomic E-state index is -0.324. The molecule has 0 spiro atoms. The van der Waals surface area contributed by atoms with Crippen LogP contribution in [0.4, 0.5) is 5.82 Å². The van der Waals surface area contributed by atoms with Crippen molar-refractivity contribution in [2.24, 2.45) is 0 Å². The maximum atomic E-state index is 12.5. The molecule has 118 valence electrons. The normalized spacial score (nSPS) is 10.7. The van der Waals surface area contributed by atoms with Crippen LogP contribution in [-0.2, 0) is 0 Å². The Morgan fingerprint density at radius 1 is 1.39 bits per heavy atom. The molecule has 7 heteroatoms. The number of nitrogens with zero attached hydrogens (tertiary/aromatic N) is 3. The van der Waals surface area contributed by atoms with Gasteiger partial charge in [-0.1, -0.05) is 0 Å². The smallest absolute Gasteiger partial charge is 0.262 e. The van der Waals surface area contributed by atoms with Gasteiger partial charge < -0.3 is 10.1 Å². The SMILES string of the molecule is CCOc1ncccc1C(=O)Nc1n[nH]c2nc(C)cc(C)c12. The predicted molar refractivity (Wildman–Crippen MR) is 86.7 cm³/mol. The molecular weight excluding hydrogens is 294 g/mol. The molecule has 0 aliphatic rings. The highest BCUT2D eigenvalue weighted by molar-refractivity contribution is 6.09. The third-order valence-corrected chi connectivity index (χ3v) is 3.38. The molecule has 0 unspecified atom stereocenters. The predicted octanol–water partition coefficient (Wildman–Crippen LogP) is 2.62. The van der Waals surface area contributed by atoms with Crippen LogP contribution in [0.15, 0.2) is 24.4 Å². The van der Waals surface area contributed by atoms with Gasteiger partial charge in [0.2, 0.25) is 5.88 Å². The molecule has 0 radical (unpaired) electrons. The third-order valence-electron chi connectivity index (χ3n) is 3.38. The molecule has 0 aromatic carbocycles. The Morgan fingerprint density at radius 2 is 2.22 bits per heavy atom. The summed E-state index contributed by atoms with van der Waals surface area (Å²) in [6, 6.07) is 5.30. The van der Waals surface area contributed by atoms with Gasteiger partial charge in [0.15, 0.2) is 11.5 Å². The number of amides is 1. The first-order valence-corrected chi connectivity index (χ1v) is 7.31. The van der Waals surface area contributed by atoms with Gasteiger partial charge >= 0.3 is 0 Å². The topological polar surface area (TPSA) is 92.8 Å². The van der Waals surface area contributed by atoms with Crippen molar-refractivity contribution in [2.45, 2.75) is 20.8 Å². The molecule has 0 aliphatic carbocycles. The molecule has 0 saturated heterocycles. The van der Waals surface area contributed by atoms with Crippen molar-refractivity contribution in [1.29, 1.82) is 0 Å². The molecule has 7 nitrogen and oxygen atoms in total. The Morgan fingerprint density at radius 3 is 3.00 bits per heavy atom. The van der Waals surface area contributed by atoms with Gasteiger partial charge in [0.1, 0.15) is 5.56 Å². The van der Waals surface area contributed by atoms with Crippen LogP contribution in [0.5, 0.6) is 5.88 Å². The highest BCUT2D eigenvalue weighted by Gasteiger charge is 2.17. The maximum Gasteiger partial charge on any atom is 0.262 e. The largest absolute Gasteiger partial charge is 0.477 e. The van der Waals surface area contributed by atoms with Crippen molar-refractivity contribution < 1.29 is 9.53 Å². The van der Waals surface area contributed by atoms with Gasteiger partial charge in [-0.2, -0.15) is 5.10 Å². The maximum absolute atomic E-state index is 12.5. The summed E-state index contributed by atoms with van der Waals surface area (Å²) >= 11 is 0. The van der Waals surface area contributed by atoms with Crippen LogP contribution in [0.2, 0.25) is 0 Å². The standard InChI is InChI=1S/C16H17N5O2/c1-4-23-16-11(6-5-7-17-16)15(22)19-14-12-9(2)8-10(3)18-13(12)20-21-14/h5-8H,4H2,1-3H3,(H2,18,19,20,21,22). The Balaban J connectivity index is 1.95. The lowest BCUT2D eigenvalue weighted by molar-refractivity contribution is 0.102. The van der Waals surface area contributed by atoms with E-state index in [1.165, 1.54) is 0 Å². The third kappa shape index (κ3) is 2.85. The van der Waals surface area contributed by atoms with Crippen LogP contribution in [0, 0.1) is 13.8 Å². The first-order valence-electron chi connectivity index (χ1n) is 7.31. The molecule has 0 saturated carbocycles. The summed E-state index contributed by atoms with van der Waals surface area (Å²) in [6.45, 7) is 6.15. The minimum absolute atomic E-state index is 0.304. The monoisotopic (exact) mass is 311 g/mol. The zero-order valence-corrected chi connectivity index (χ0v) is 13.2. The number of pyridine rings is 2. The number of aryl methyl sites for hydroxylation is 2. The number of aromatic nitrogens is 4. The molecular formula is C16H17N5O2. The molecule has 3 aromatic heterocycles.